The van der Waals surface area contributed by atoms with E-state index in [1.165, 1.54) is 0 Å². The van der Waals surface area contributed by atoms with Crippen molar-refractivity contribution in [3.05, 3.63) is 35.9 Å². The van der Waals surface area contributed by atoms with Crippen molar-refractivity contribution < 1.29 is 9.59 Å². The van der Waals surface area contributed by atoms with Gasteiger partial charge in [0.05, 0.1) is 13.1 Å². The molecule has 1 amide bonds. The minimum atomic E-state index is -0.417. The van der Waals surface area contributed by atoms with Crippen molar-refractivity contribution in [3.8, 4) is 0 Å². The second-order valence-electron chi connectivity index (χ2n) is 4.25. The molecule has 0 atom stereocenters. The molecule has 0 aromatic heterocycles. The Kier molecular flexibility index (Phi) is 4.84. The summed E-state index contributed by atoms with van der Waals surface area (Å²) in [5.74, 6) is -0.417. The lowest BCUT2D eigenvalue weighted by Gasteiger charge is -2.23. The third kappa shape index (κ3) is 4.36. The van der Waals surface area contributed by atoms with Crippen molar-refractivity contribution in [2.45, 2.75) is 19.9 Å². The topological polar surface area (TPSA) is 63.4 Å². The zero-order valence-electron chi connectivity index (χ0n) is 10.2. The van der Waals surface area contributed by atoms with E-state index in [4.69, 9.17) is 5.73 Å². The van der Waals surface area contributed by atoms with Crippen LogP contribution >= 0.6 is 0 Å². The summed E-state index contributed by atoms with van der Waals surface area (Å²) in [7, 11) is 0. The molecule has 0 unspecified atom stereocenters. The summed E-state index contributed by atoms with van der Waals surface area (Å²) in [5, 5.41) is 0. The molecule has 0 saturated heterocycles. The lowest BCUT2D eigenvalue weighted by molar-refractivity contribution is -0.119. The van der Waals surface area contributed by atoms with Crippen LogP contribution in [0, 0.1) is 0 Å². The van der Waals surface area contributed by atoms with E-state index in [9.17, 15) is 9.59 Å². The van der Waals surface area contributed by atoms with Crippen molar-refractivity contribution in [1.82, 2.24) is 4.90 Å². The smallest absolute Gasteiger partial charge is 0.231 e. The number of benzene rings is 1. The molecule has 92 valence electrons. The number of nitrogens with zero attached hydrogens (tertiary/aromatic N) is 1. The molecule has 0 heterocycles. The summed E-state index contributed by atoms with van der Waals surface area (Å²) in [6.07, 6.45) is 0. The fourth-order valence-corrected chi connectivity index (χ4v) is 1.52. The van der Waals surface area contributed by atoms with E-state index in [1.54, 1.807) is 17.0 Å². The maximum Gasteiger partial charge on any atom is 0.231 e. The molecule has 0 saturated carbocycles. The minimum Gasteiger partial charge on any atom is -0.369 e. The van der Waals surface area contributed by atoms with Gasteiger partial charge in [-0.2, -0.15) is 0 Å². The monoisotopic (exact) mass is 234 g/mol. The van der Waals surface area contributed by atoms with Gasteiger partial charge in [0.1, 0.15) is 0 Å². The third-order valence-corrected chi connectivity index (χ3v) is 2.53. The lowest BCUT2D eigenvalue weighted by Crippen LogP contribution is -2.41. The van der Waals surface area contributed by atoms with Gasteiger partial charge in [-0.3, -0.25) is 14.5 Å². The van der Waals surface area contributed by atoms with Gasteiger partial charge in [0, 0.05) is 11.6 Å². The highest BCUT2D eigenvalue weighted by Gasteiger charge is 2.16. The maximum absolute atomic E-state index is 11.9. The number of carbonyl (C=O) groups is 2. The maximum atomic E-state index is 11.9. The first-order valence-corrected chi connectivity index (χ1v) is 5.61. The number of nitrogens with two attached hydrogens (primary N) is 1. The van der Waals surface area contributed by atoms with Gasteiger partial charge in [-0.25, -0.2) is 0 Å². The molecule has 0 aliphatic heterocycles. The van der Waals surface area contributed by atoms with Gasteiger partial charge in [-0.15, -0.1) is 0 Å². The SMILES string of the molecule is CC(C)N(CC(N)=O)CC(=O)c1ccccc1. The van der Waals surface area contributed by atoms with Gasteiger partial charge in [-0.05, 0) is 13.8 Å². The first-order chi connectivity index (χ1) is 8.00. The number of amides is 1. The fourth-order valence-electron chi connectivity index (χ4n) is 1.52. The van der Waals surface area contributed by atoms with Gasteiger partial charge < -0.3 is 5.73 Å². The average Bonchev–Trinajstić information content (AvgIpc) is 2.28. The molecule has 0 spiro atoms. The van der Waals surface area contributed by atoms with Gasteiger partial charge in [0.2, 0.25) is 5.91 Å². The molecule has 0 bridgehead atoms. The number of hydrogen-bond donors (Lipinski definition) is 1. The molecule has 0 radical (unpaired) electrons. The Morgan fingerprint density at radius 2 is 1.76 bits per heavy atom. The highest BCUT2D eigenvalue weighted by Crippen LogP contribution is 2.04. The van der Waals surface area contributed by atoms with Crippen LogP contribution < -0.4 is 5.73 Å². The molecule has 1 rings (SSSR count). The largest absolute Gasteiger partial charge is 0.369 e. The summed E-state index contributed by atoms with van der Waals surface area (Å²) in [6, 6.07) is 9.15. The Labute approximate surface area is 101 Å². The molecule has 4 heteroatoms. The van der Waals surface area contributed by atoms with Gasteiger partial charge in [-0.1, -0.05) is 30.3 Å². The molecular weight excluding hydrogens is 216 g/mol. The van der Waals surface area contributed by atoms with Crippen LogP contribution in [-0.4, -0.2) is 35.7 Å². The van der Waals surface area contributed by atoms with E-state index in [-0.39, 0.29) is 24.9 Å². The van der Waals surface area contributed by atoms with Crippen LogP contribution in [0.5, 0.6) is 0 Å². The zero-order valence-corrected chi connectivity index (χ0v) is 10.2. The van der Waals surface area contributed by atoms with Gasteiger partial charge in [0.15, 0.2) is 5.78 Å². The predicted molar refractivity (Wildman–Crippen MR) is 66.7 cm³/mol. The molecule has 17 heavy (non-hydrogen) atoms. The van der Waals surface area contributed by atoms with Crippen LogP contribution in [0.15, 0.2) is 30.3 Å². The van der Waals surface area contributed by atoms with Crippen molar-refractivity contribution in [2.75, 3.05) is 13.1 Å². The molecular formula is C13H18N2O2. The Hall–Kier alpha value is -1.68. The molecule has 0 aliphatic carbocycles. The highest BCUT2D eigenvalue weighted by molar-refractivity contribution is 5.97. The van der Waals surface area contributed by atoms with E-state index in [1.807, 2.05) is 32.0 Å². The number of rotatable bonds is 6. The van der Waals surface area contributed by atoms with E-state index in [0.717, 1.165) is 0 Å². The zero-order chi connectivity index (χ0) is 12.8. The molecule has 1 aromatic rings. The Balaban J connectivity index is 2.68. The first-order valence-electron chi connectivity index (χ1n) is 5.61. The van der Waals surface area contributed by atoms with E-state index in [0.29, 0.717) is 5.56 Å². The van der Waals surface area contributed by atoms with Crippen LogP contribution in [0.1, 0.15) is 24.2 Å². The normalized spacial score (nSPS) is 10.8. The van der Waals surface area contributed by atoms with Crippen molar-refractivity contribution in [2.24, 2.45) is 5.73 Å². The summed E-state index contributed by atoms with van der Waals surface area (Å²) in [5.41, 5.74) is 5.81. The number of Topliss-reactive ketones (excluding diaryl/α,β-unsaturated/α-hetero) is 1. The summed E-state index contributed by atoms with van der Waals surface area (Å²) in [4.78, 5) is 24.6. The Bertz CT molecular complexity index is 388. The van der Waals surface area contributed by atoms with Crippen LogP contribution in [0.4, 0.5) is 0 Å². The van der Waals surface area contributed by atoms with Crippen LogP contribution in [0.25, 0.3) is 0 Å². The Morgan fingerprint density at radius 1 is 1.18 bits per heavy atom. The Morgan fingerprint density at radius 3 is 2.24 bits per heavy atom. The average molecular weight is 234 g/mol. The summed E-state index contributed by atoms with van der Waals surface area (Å²) < 4.78 is 0. The van der Waals surface area contributed by atoms with E-state index >= 15 is 0 Å². The van der Waals surface area contributed by atoms with Crippen molar-refractivity contribution in [1.29, 1.82) is 0 Å². The van der Waals surface area contributed by atoms with Crippen molar-refractivity contribution in [3.63, 3.8) is 0 Å². The number of carbonyl (C=O) groups excluding carboxylic acids is 2. The summed E-state index contributed by atoms with van der Waals surface area (Å²) in [6.45, 7) is 4.18. The second-order valence-corrected chi connectivity index (χ2v) is 4.25. The molecule has 0 fully saturated rings. The van der Waals surface area contributed by atoms with E-state index in [2.05, 4.69) is 0 Å². The number of ketones is 1. The first kappa shape index (κ1) is 13.4. The van der Waals surface area contributed by atoms with E-state index < -0.39 is 5.91 Å². The standard InChI is InChI=1S/C13H18N2O2/c1-10(2)15(9-13(14)17)8-12(16)11-6-4-3-5-7-11/h3-7,10H,8-9H2,1-2H3,(H2,14,17). The van der Waals surface area contributed by atoms with Gasteiger partial charge >= 0.3 is 0 Å². The second kappa shape index (κ2) is 6.15. The molecule has 4 nitrogen and oxygen atoms in total. The molecule has 1 aromatic carbocycles. The van der Waals surface area contributed by atoms with Crippen LogP contribution in [0.2, 0.25) is 0 Å². The molecule has 0 aliphatic rings. The lowest BCUT2D eigenvalue weighted by atomic mass is 10.1. The number of primary amides is 1. The number of hydrogen-bond acceptors (Lipinski definition) is 3. The fraction of sp³-hybridized carbons (Fsp3) is 0.385. The van der Waals surface area contributed by atoms with Gasteiger partial charge in [0.25, 0.3) is 0 Å². The third-order valence-electron chi connectivity index (χ3n) is 2.53. The predicted octanol–water partition coefficient (Wildman–Crippen LogP) is 1.06. The highest BCUT2D eigenvalue weighted by atomic mass is 16.1. The molecule has 2 N–H and O–H groups in total. The van der Waals surface area contributed by atoms with Crippen LogP contribution in [-0.2, 0) is 4.79 Å². The van der Waals surface area contributed by atoms with Crippen LogP contribution in [0.3, 0.4) is 0 Å². The minimum absolute atomic E-state index is 0.000509. The quantitative estimate of drug-likeness (QED) is 0.749. The van der Waals surface area contributed by atoms with Crippen molar-refractivity contribution >= 4 is 11.7 Å². The summed E-state index contributed by atoms with van der Waals surface area (Å²) >= 11 is 0.